The Morgan fingerprint density at radius 1 is 1.48 bits per heavy atom. The van der Waals surface area contributed by atoms with Crippen LogP contribution in [0.2, 0.25) is 5.02 Å². The van der Waals surface area contributed by atoms with Crippen LogP contribution in [-0.4, -0.2) is 24.2 Å². The van der Waals surface area contributed by atoms with Crippen molar-refractivity contribution in [3.05, 3.63) is 40.7 Å². The highest BCUT2D eigenvalue weighted by atomic mass is 35.5. The lowest BCUT2D eigenvalue weighted by Gasteiger charge is -2.14. The Morgan fingerprint density at radius 2 is 2.24 bits per heavy atom. The third-order valence-electron chi connectivity index (χ3n) is 3.17. The van der Waals surface area contributed by atoms with Crippen molar-refractivity contribution in [1.82, 2.24) is 5.32 Å². The number of amides is 1. The van der Waals surface area contributed by atoms with E-state index in [1.165, 1.54) is 18.2 Å². The monoisotopic (exact) mass is 313 g/mol. The lowest BCUT2D eigenvalue weighted by Crippen LogP contribution is -2.28. The van der Waals surface area contributed by atoms with Crippen molar-refractivity contribution >= 4 is 23.6 Å². The summed E-state index contributed by atoms with van der Waals surface area (Å²) in [7, 11) is 0. The molecule has 2 N–H and O–H groups in total. The van der Waals surface area contributed by atoms with Gasteiger partial charge in [0.1, 0.15) is 5.82 Å². The fourth-order valence-electron chi connectivity index (χ4n) is 2.03. The van der Waals surface area contributed by atoms with Gasteiger partial charge in [-0.15, -0.1) is 0 Å². The number of benzene rings is 1. The number of nitrogens with one attached hydrogen (secondary N) is 1. The maximum Gasteiger partial charge on any atom is 0.244 e. The molecule has 5 heteroatoms. The fourth-order valence-corrected chi connectivity index (χ4v) is 2.22. The molecule has 0 aliphatic rings. The highest BCUT2D eigenvalue weighted by Crippen LogP contribution is 2.16. The molecule has 21 heavy (non-hydrogen) atoms. The Kier molecular flexibility index (Phi) is 8.01. The van der Waals surface area contributed by atoms with Crippen molar-refractivity contribution < 1.29 is 14.3 Å². The average Bonchev–Trinajstić information content (AvgIpc) is 2.46. The van der Waals surface area contributed by atoms with Crippen molar-refractivity contribution in [2.75, 3.05) is 13.2 Å². The Bertz CT molecular complexity index is 485. The number of halogens is 2. The van der Waals surface area contributed by atoms with Gasteiger partial charge >= 0.3 is 0 Å². The molecule has 1 aromatic carbocycles. The van der Waals surface area contributed by atoms with Gasteiger partial charge in [0.05, 0.1) is 5.02 Å². The van der Waals surface area contributed by atoms with Crippen LogP contribution < -0.4 is 5.32 Å². The quantitative estimate of drug-likeness (QED) is 0.723. The number of carbonyl (C=O) groups is 1. The first kappa shape index (κ1) is 17.7. The van der Waals surface area contributed by atoms with Crippen molar-refractivity contribution in [2.24, 2.45) is 5.92 Å². The summed E-state index contributed by atoms with van der Waals surface area (Å²) in [6.45, 7) is 2.75. The van der Waals surface area contributed by atoms with Crippen LogP contribution in [0.3, 0.4) is 0 Å². The van der Waals surface area contributed by atoms with Crippen molar-refractivity contribution in [3.63, 3.8) is 0 Å². The van der Waals surface area contributed by atoms with Crippen LogP contribution in [0.4, 0.5) is 4.39 Å². The van der Waals surface area contributed by atoms with Gasteiger partial charge in [-0.2, -0.15) is 0 Å². The van der Waals surface area contributed by atoms with Crippen LogP contribution in [0.15, 0.2) is 24.3 Å². The van der Waals surface area contributed by atoms with Crippen molar-refractivity contribution in [2.45, 2.75) is 26.2 Å². The second kappa shape index (κ2) is 9.53. The Morgan fingerprint density at radius 3 is 2.86 bits per heavy atom. The predicted molar refractivity (Wildman–Crippen MR) is 83.6 cm³/mol. The van der Waals surface area contributed by atoms with E-state index in [2.05, 4.69) is 12.2 Å². The maximum atomic E-state index is 13.0. The van der Waals surface area contributed by atoms with E-state index in [4.69, 9.17) is 16.7 Å². The van der Waals surface area contributed by atoms with Gasteiger partial charge in [0, 0.05) is 19.2 Å². The molecule has 0 spiro atoms. The Labute approximate surface area is 129 Å². The zero-order chi connectivity index (χ0) is 15.7. The fraction of sp³-hybridized carbons (Fsp3) is 0.438. The van der Waals surface area contributed by atoms with Crippen LogP contribution in [0.5, 0.6) is 0 Å². The smallest absolute Gasteiger partial charge is 0.244 e. The lowest BCUT2D eigenvalue weighted by atomic mass is 10.0. The van der Waals surface area contributed by atoms with Crippen LogP contribution >= 0.6 is 11.6 Å². The highest BCUT2D eigenvalue weighted by molar-refractivity contribution is 6.30. The molecule has 0 radical (unpaired) electrons. The second-order valence-electron chi connectivity index (χ2n) is 4.92. The minimum Gasteiger partial charge on any atom is -0.396 e. The SMILES string of the molecule is CCCC(CCO)CNC(=O)/C=C/c1ccc(F)c(Cl)c1. The molecular formula is C16H21ClFNO2. The largest absolute Gasteiger partial charge is 0.396 e. The molecule has 0 bridgehead atoms. The summed E-state index contributed by atoms with van der Waals surface area (Å²) in [5.41, 5.74) is 0.664. The normalized spacial score (nSPS) is 12.6. The number of hydrogen-bond donors (Lipinski definition) is 2. The molecule has 1 amide bonds. The molecule has 116 valence electrons. The molecule has 1 atom stereocenters. The third-order valence-corrected chi connectivity index (χ3v) is 3.46. The van der Waals surface area contributed by atoms with E-state index < -0.39 is 5.82 Å². The first-order valence-corrected chi connectivity index (χ1v) is 7.46. The van der Waals surface area contributed by atoms with Crippen molar-refractivity contribution in [1.29, 1.82) is 0 Å². The zero-order valence-corrected chi connectivity index (χ0v) is 12.9. The number of aliphatic hydroxyl groups excluding tert-OH is 1. The van der Waals surface area contributed by atoms with Crippen LogP contribution in [0, 0.1) is 11.7 Å². The molecule has 0 saturated heterocycles. The van der Waals surface area contributed by atoms with Crippen LogP contribution in [0.1, 0.15) is 31.7 Å². The predicted octanol–water partition coefficient (Wildman–Crippen LogP) is 3.41. The average molecular weight is 314 g/mol. The lowest BCUT2D eigenvalue weighted by molar-refractivity contribution is -0.116. The molecular weight excluding hydrogens is 293 g/mol. The van der Waals surface area contributed by atoms with Crippen LogP contribution in [0.25, 0.3) is 6.08 Å². The van der Waals surface area contributed by atoms with E-state index in [9.17, 15) is 9.18 Å². The molecule has 0 aromatic heterocycles. The minimum atomic E-state index is -0.482. The Hall–Kier alpha value is -1.39. The van der Waals surface area contributed by atoms with Gasteiger partial charge in [0.25, 0.3) is 0 Å². The number of rotatable bonds is 8. The van der Waals surface area contributed by atoms with Crippen LogP contribution in [-0.2, 0) is 4.79 Å². The molecule has 0 fully saturated rings. The number of aliphatic hydroxyl groups is 1. The van der Waals surface area contributed by atoms with Gasteiger partial charge in [0.2, 0.25) is 5.91 Å². The minimum absolute atomic E-state index is 0.0310. The number of hydrogen-bond acceptors (Lipinski definition) is 2. The maximum absolute atomic E-state index is 13.0. The molecule has 1 unspecified atom stereocenters. The molecule has 1 rings (SSSR count). The Balaban J connectivity index is 2.48. The number of carbonyl (C=O) groups excluding carboxylic acids is 1. The van der Waals surface area contributed by atoms with Gasteiger partial charge in [0.15, 0.2) is 0 Å². The summed E-state index contributed by atoms with van der Waals surface area (Å²) in [4.78, 5) is 11.7. The summed E-state index contributed by atoms with van der Waals surface area (Å²) in [6, 6.07) is 4.28. The van der Waals surface area contributed by atoms with Gasteiger partial charge in [-0.3, -0.25) is 4.79 Å². The third kappa shape index (κ3) is 6.74. The topological polar surface area (TPSA) is 49.3 Å². The molecule has 0 aliphatic carbocycles. The summed E-state index contributed by atoms with van der Waals surface area (Å²) in [6.07, 6.45) is 5.65. The van der Waals surface area contributed by atoms with Gasteiger partial charge in [-0.1, -0.05) is 31.0 Å². The van der Waals surface area contributed by atoms with Gasteiger partial charge < -0.3 is 10.4 Å². The highest BCUT2D eigenvalue weighted by Gasteiger charge is 2.08. The first-order valence-electron chi connectivity index (χ1n) is 7.08. The van der Waals surface area contributed by atoms with E-state index >= 15 is 0 Å². The molecule has 0 aliphatic heterocycles. The van der Waals surface area contributed by atoms with E-state index in [1.54, 1.807) is 12.1 Å². The van der Waals surface area contributed by atoms with Gasteiger partial charge in [-0.05, 0) is 42.5 Å². The molecule has 1 aromatic rings. The van der Waals surface area contributed by atoms with E-state index in [1.807, 2.05) is 0 Å². The van der Waals surface area contributed by atoms with E-state index in [-0.39, 0.29) is 23.5 Å². The summed E-state index contributed by atoms with van der Waals surface area (Å²) >= 11 is 5.67. The first-order chi connectivity index (χ1) is 10.1. The van der Waals surface area contributed by atoms with E-state index in [0.717, 1.165) is 12.8 Å². The van der Waals surface area contributed by atoms with Crippen molar-refractivity contribution in [3.8, 4) is 0 Å². The summed E-state index contributed by atoms with van der Waals surface area (Å²) in [5.74, 6) is -0.406. The zero-order valence-electron chi connectivity index (χ0n) is 12.1. The standard InChI is InChI=1S/C16H21ClFNO2/c1-2-3-13(8-9-20)11-19-16(21)7-5-12-4-6-15(18)14(17)10-12/h4-7,10,13,20H,2-3,8-9,11H2,1H3,(H,19,21)/b7-5+. The summed E-state index contributed by atoms with van der Waals surface area (Å²) < 4.78 is 13.0. The summed E-state index contributed by atoms with van der Waals surface area (Å²) in [5, 5.41) is 11.8. The second-order valence-corrected chi connectivity index (χ2v) is 5.33. The van der Waals surface area contributed by atoms with E-state index in [0.29, 0.717) is 18.5 Å². The van der Waals surface area contributed by atoms with Gasteiger partial charge in [-0.25, -0.2) is 4.39 Å². The molecule has 0 saturated carbocycles. The molecule has 0 heterocycles. The molecule has 3 nitrogen and oxygen atoms in total.